The molecule has 2 amide bonds. The van der Waals surface area contributed by atoms with E-state index in [9.17, 15) is 9.59 Å². The number of nitrogens with one attached hydrogen (secondary N) is 2. The third-order valence-electron chi connectivity index (χ3n) is 3.46. The maximum Gasteiger partial charge on any atom is 0.232 e. The lowest BCUT2D eigenvalue weighted by Crippen LogP contribution is -2.29. The fourth-order valence-electron chi connectivity index (χ4n) is 2.38. The predicted molar refractivity (Wildman–Crippen MR) is 83.6 cm³/mol. The summed E-state index contributed by atoms with van der Waals surface area (Å²) in [6, 6.07) is 5.24. The number of anilines is 1. The lowest BCUT2D eigenvalue weighted by Gasteiger charge is -2.11. The third kappa shape index (κ3) is 4.19. The fraction of sp³-hybridized carbons (Fsp3) is 0.467. The van der Waals surface area contributed by atoms with Crippen LogP contribution < -0.4 is 10.6 Å². The van der Waals surface area contributed by atoms with Crippen molar-refractivity contribution in [2.45, 2.75) is 18.8 Å². The van der Waals surface area contributed by atoms with Crippen molar-refractivity contribution in [2.75, 3.05) is 32.5 Å². The molecule has 0 saturated heterocycles. The molecule has 0 saturated carbocycles. The Kier molecular flexibility index (Phi) is 5.20. The molecule has 2 N–H and O–H groups in total. The van der Waals surface area contributed by atoms with Crippen LogP contribution in [-0.2, 0) is 9.59 Å². The van der Waals surface area contributed by atoms with E-state index in [1.807, 2.05) is 14.1 Å². The van der Waals surface area contributed by atoms with Crippen molar-refractivity contribution in [3.8, 4) is 0 Å². The highest BCUT2D eigenvalue weighted by Gasteiger charge is 2.32. The lowest BCUT2D eigenvalue weighted by molar-refractivity contribution is -0.125. The molecule has 0 spiro atoms. The summed E-state index contributed by atoms with van der Waals surface area (Å²) in [5, 5.41) is 6.20. The Morgan fingerprint density at radius 3 is 2.90 bits per heavy atom. The minimum Gasteiger partial charge on any atom is -0.356 e. The average Bonchev–Trinajstić information content (AvgIpc) is 2.71. The Balaban J connectivity index is 1.90. The number of fused-ring (bicyclic) bond motifs is 1. The predicted octanol–water partition coefficient (Wildman–Crippen LogP) is 1.83. The molecule has 0 aromatic heterocycles. The van der Waals surface area contributed by atoms with E-state index in [2.05, 4.69) is 15.5 Å². The van der Waals surface area contributed by atoms with Crippen LogP contribution in [0.2, 0.25) is 5.02 Å². The summed E-state index contributed by atoms with van der Waals surface area (Å²) in [5.41, 5.74) is 1.55. The van der Waals surface area contributed by atoms with Gasteiger partial charge in [-0.25, -0.2) is 0 Å². The molecule has 1 aromatic rings. The van der Waals surface area contributed by atoms with E-state index in [0.29, 0.717) is 11.6 Å². The van der Waals surface area contributed by atoms with Crippen molar-refractivity contribution in [1.82, 2.24) is 10.2 Å². The molecule has 114 valence electrons. The smallest absolute Gasteiger partial charge is 0.232 e. The van der Waals surface area contributed by atoms with Gasteiger partial charge in [-0.05, 0) is 50.8 Å². The quantitative estimate of drug-likeness (QED) is 0.788. The van der Waals surface area contributed by atoms with Crippen LogP contribution in [0.5, 0.6) is 0 Å². The number of hydrogen-bond acceptors (Lipinski definition) is 3. The Hall–Kier alpha value is -1.59. The Morgan fingerprint density at radius 1 is 1.43 bits per heavy atom. The Labute approximate surface area is 129 Å². The van der Waals surface area contributed by atoms with Crippen LogP contribution in [0.15, 0.2) is 18.2 Å². The molecule has 1 unspecified atom stereocenters. The van der Waals surface area contributed by atoms with Crippen LogP contribution in [0.1, 0.15) is 24.3 Å². The monoisotopic (exact) mass is 309 g/mol. The Bertz CT molecular complexity index is 546. The van der Waals surface area contributed by atoms with Gasteiger partial charge in [0.2, 0.25) is 11.8 Å². The molecule has 0 aliphatic carbocycles. The minimum absolute atomic E-state index is 0.110. The molecule has 0 radical (unpaired) electrons. The summed E-state index contributed by atoms with van der Waals surface area (Å²) >= 11 is 5.96. The lowest BCUT2D eigenvalue weighted by atomic mass is 9.97. The van der Waals surface area contributed by atoms with Gasteiger partial charge in [0.05, 0.1) is 5.92 Å². The van der Waals surface area contributed by atoms with Gasteiger partial charge >= 0.3 is 0 Å². The number of amides is 2. The van der Waals surface area contributed by atoms with E-state index in [-0.39, 0.29) is 18.2 Å². The molecule has 1 heterocycles. The van der Waals surface area contributed by atoms with Crippen LogP contribution in [-0.4, -0.2) is 43.9 Å². The van der Waals surface area contributed by atoms with Gasteiger partial charge in [0.25, 0.3) is 0 Å². The van der Waals surface area contributed by atoms with Crippen LogP contribution >= 0.6 is 11.6 Å². The number of carbonyl (C=O) groups is 2. The summed E-state index contributed by atoms with van der Waals surface area (Å²) in [4.78, 5) is 26.0. The second-order valence-corrected chi connectivity index (χ2v) is 5.92. The van der Waals surface area contributed by atoms with Crippen molar-refractivity contribution >= 4 is 29.1 Å². The number of carbonyl (C=O) groups excluding carboxylic acids is 2. The third-order valence-corrected chi connectivity index (χ3v) is 3.69. The average molecular weight is 310 g/mol. The SMILES string of the molecule is CN(C)CCCNC(=O)CC1C(=O)Nc2ccc(Cl)cc21. The van der Waals surface area contributed by atoms with E-state index >= 15 is 0 Å². The maximum atomic E-state index is 12.0. The van der Waals surface area contributed by atoms with Crippen molar-refractivity contribution in [1.29, 1.82) is 0 Å². The summed E-state index contributed by atoms with van der Waals surface area (Å²) in [6.45, 7) is 1.54. The summed E-state index contributed by atoms with van der Waals surface area (Å²) < 4.78 is 0. The molecule has 1 aliphatic heterocycles. The first-order chi connectivity index (χ1) is 9.97. The summed E-state index contributed by atoms with van der Waals surface area (Å²) in [6.07, 6.45) is 1.04. The topological polar surface area (TPSA) is 61.4 Å². The van der Waals surface area contributed by atoms with Gasteiger partial charge in [0.15, 0.2) is 0 Å². The first-order valence-electron chi connectivity index (χ1n) is 6.99. The molecule has 0 fully saturated rings. The highest BCUT2D eigenvalue weighted by atomic mass is 35.5. The normalized spacial score (nSPS) is 16.8. The number of rotatable bonds is 6. The van der Waals surface area contributed by atoms with Crippen molar-refractivity contribution in [3.05, 3.63) is 28.8 Å². The molecule has 1 aromatic carbocycles. The zero-order valence-corrected chi connectivity index (χ0v) is 13.0. The summed E-state index contributed by atoms with van der Waals surface area (Å²) in [7, 11) is 3.98. The van der Waals surface area contributed by atoms with E-state index in [4.69, 9.17) is 11.6 Å². The van der Waals surface area contributed by atoms with E-state index < -0.39 is 5.92 Å². The van der Waals surface area contributed by atoms with Gasteiger partial charge in [-0.3, -0.25) is 9.59 Å². The minimum atomic E-state index is -0.451. The van der Waals surface area contributed by atoms with Crippen molar-refractivity contribution < 1.29 is 9.59 Å². The van der Waals surface area contributed by atoms with Crippen LogP contribution in [0.3, 0.4) is 0 Å². The largest absolute Gasteiger partial charge is 0.356 e. The van der Waals surface area contributed by atoms with Gasteiger partial charge in [-0.2, -0.15) is 0 Å². The molecule has 1 aliphatic rings. The van der Waals surface area contributed by atoms with E-state index in [1.54, 1.807) is 18.2 Å². The second-order valence-electron chi connectivity index (χ2n) is 5.48. The van der Waals surface area contributed by atoms with Gasteiger partial charge < -0.3 is 15.5 Å². The highest BCUT2D eigenvalue weighted by Crippen LogP contribution is 2.36. The first kappa shape index (κ1) is 15.8. The molecule has 6 heteroatoms. The zero-order chi connectivity index (χ0) is 15.4. The van der Waals surface area contributed by atoms with Crippen LogP contribution in [0.4, 0.5) is 5.69 Å². The van der Waals surface area contributed by atoms with Crippen LogP contribution in [0, 0.1) is 0 Å². The number of benzene rings is 1. The standard InChI is InChI=1S/C15H20ClN3O2/c1-19(2)7-3-6-17-14(20)9-12-11-8-10(16)4-5-13(11)18-15(12)21/h4-5,8,12H,3,6-7,9H2,1-2H3,(H,17,20)(H,18,21). The number of halogens is 1. The van der Waals surface area contributed by atoms with E-state index in [1.165, 1.54) is 0 Å². The molecular weight excluding hydrogens is 290 g/mol. The molecule has 1 atom stereocenters. The second kappa shape index (κ2) is 6.91. The summed E-state index contributed by atoms with van der Waals surface area (Å²) in [5.74, 6) is -0.704. The number of nitrogens with zero attached hydrogens (tertiary/aromatic N) is 1. The van der Waals surface area contributed by atoms with Crippen LogP contribution in [0.25, 0.3) is 0 Å². The Morgan fingerprint density at radius 2 is 2.19 bits per heavy atom. The molecule has 5 nitrogen and oxygen atoms in total. The van der Waals surface area contributed by atoms with E-state index in [0.717, 1.165) is 24.2 Å². The van der Waals surface area contributed by atoms with Crippen molar-refractivity contribution in [2.24, 2.45) is 0 Å². The molecule has 21 heavy (non-hydrogen) atoms. The van der Waals surface area contributed by atoms with Gasteiger partial charge in [0.1, 0.15) is 0 Å². The van der Waals surface area contributed by atoms with Crippen molar-refractivity contribution in [3.63, 3.8) is 0 Å². The zero-order valence-electron chi connectivity index (χ0n) is 12.3. The maximum absolute atomic E-state index is 12.0. The van der Waals surface area contributed by atoms with Gasteiger partial charge in [-0.1, -0.05) is 11.6 Å². The fourth-order valence-corrected chi connectivity index (χ4v) is 2.56. The number of hydrogen-bond donors (Lipinski definition) is 2. The first-order valence-corrected chi connectivity index (χ1v) is 7.37. The van der Waals surface area contributed by atoms with Gasteiger partial charge in [0, 0.05) is 23.7 Å². The molecule has 0 bridgehead atoms. The molecule has 2 rings (SSSR count). The highest BCUT2D eigenvalue weighted by molar-refractivity contribution is 6.31. The molecular formula is C15H20ClN3O2. The van der Waals surface area contributed by atoms with Gasteiger partial charge in [-0.15, -0.1) is 0 Å².